The molecule has 1 fully saturated rings. The molecule has 0 spiro atoms. The van der Waals surface area contributed by atoms with Crippen LogP contribution in [-0.4, -0.2) is 29.8 Å². The second kappa shape index (κ2) is 9.15. The van der Waals surface area contributed by atoms with Crippen molar-refractivity contribution < 1.29 is 18.0 Å². The number of alkyl halides is 2. The van der Waals surface area contributed by atoms with Gasteiger partial charge in [-0.2, -0.15) is 0 Å². The van der Waals surface area contributed by atoms with E-state index in [-0.39, 0.29) is 29.4 Å². The van der Waals surface area contributed by atoms with Gasteiger partial charge in [0.2, 0.25) is 11.8 Å². The van der Waals surface area contributed by atoms with Crippen molar-refractivity contribution in [1.29, 1.82) is 0 Å². The van der Waals surface area contributed by atoms with Crippen LogP contribution in [0, 0.1) is 11.7 Å². The maximum absolute atomic E-state index is 13.9. The highest BCUT2D eigenvalue weighted by atomic mass is 35.5. The summed E-state index contributed by atoms with van der Waals surface area (Å²) >= 11 is 5.85. The van der Waals surface area contributed by atoms with E-state index < -0.39 is 35.9 Å². The van der Waals surface area contributed by atoms with Crippen molar-refractivity contribution in [3.63, 3.8) is 0 Å². The standard InChI is InChI=1S/C21H23ClF3N5O/c1-30(27)29-19(26)13-4-2-12(3-5-13)18(14-6-7-21(24,25)11-14)20(31)28-17-9-15(22)8-16(23)10-17/h2-5,8-10,14,18H,6-7,11,27H2,1H3,(H2,26,29)(H,28,31). The summed E-state index contributed by atoms with van der Waals surface area (Å²) in [5.41, 5.74) is 7.13. The van der Waals surface area contributed by atoms with Crippen LogP contribution >= 0.6 is 11.6 Å². The minimum Gasteiger partial charge on any atom is -0.382 e. The van der Waals surface area contributed by atoms with Crippen LogP contribution in [0.2, 0.25) is 5.02 Å². The number of nitrogens with two attached hydrogens (primary N) is 2. The van der Waals surface area contributed by atoms with Crippen molar-refractivity contribution in [1.82, 2.24) is 5.12 Å². The van der Waals surface area contributed by atoms with Crippen LogP contribution in [-0.2, 0) is 4.79 Å². The summed E-state index contributed by atoms with van der Waals surface area (Å²) in [4.78, 5) is 13.1. The van der Waals surface area contributed by atoms with E-state index in [1.165, 1.54) is 13.1 Å². The minimum absolute atomic E-state index is 0.114. The van der Waals surface area contributed by atoms with Gasteiger partial charge in [0.1, 0.15) is 5.82 Å². The summed E-state index contributed by atoms with van der Waals surface area (Å²) in [6, 6.07) is 10.2. The molecule has 3 rings (SSSR count). The highest BCUT2D eigenvalue weighted by molar-refractivity contribution is 6.30. The van der Waals surface area contributed by atoms with E-state index in [0.717, 1.165) is 17.3 Å². The van der Waals surface area contributed by atoms with Crippen LogP contribution in [0.3, 0.4) is 0 Å². The summed E-state index contributed by atoms with van der Waals surface area (Å²) in [6.45, 7) is 0. The zero-order valence-electron chi connectivity index (χ0n) is 16.8. The number of amides is 1. The number of hydrazine groups is 1. The molecule has 0 bridgehead atoms. The summed E-state index contributed by atoms with van der Waals surface area (Å²) in [5, 5.41) is 7.69. The van der Waals surface area contributed by atoms with Crippen LogP contribution in [0.1, 0.15) is 36.3 Å². The maximum atomic E-state index is 13.9. The molecule has 0 saturated heterocycles. The average molecular weight is 454 g/mol. The van der Waals surface area contributed by atoms with E-state index in [1.54, 1.807) is 24.3 Å². The molecule has 0 aromatic heterocycles. The molecule has 10 heteroatoms. The number of hydrogen-bond acceptors (Lipinski definition) is 4. The Kier molecular flexibility index (Phi) is 6.76. The normalized spacial score (nSPS) is 19.2. The summed E-state index contributed by atoms with van der Waals surface area (Å²) < 4.78 is 41.5. The molecule has 2 aromatic rings. The second-order valence-corrected chi connectivity index (χ2v) is 8.10. The molecule has 1 aliphatic carbocycles. The molecule has 6 nitrogen and oxygen atoms in total. The lowest BCUT2D eigenvalue weighted by molar-refractivity contribution is -0.118. The van der Waals surface area contributed by atoms with Crippen molar-refractivity contribution in [2.24, 2.45) is 22.6 Å². The number of carbonyl (C=O) groups is 1. The zero-order valence-corrected chi connectivity index (χ0v) is 17.5. The topological polar surface area (TPSA) is 96.7 Å². The number of halogens is 4. The van der Waals surface area contributed by atoms with Crippen molar-refractivity contribution in [3.05, 3.63) is 64.4 Å². The van der Waals surface area contributed by atoms with Crippen LogP contribution < -0.4 is 16.9 Å². The first-order chi connectivity index (χ1) is 14.5. The molecular weight excluding hydrogens is 431 g/mol. The van der Waals surface area contributed by atoms with Gasteiger partial charge in [0.25, 0.3) is 0 Å². The molecule has 1 amide bonds. The van der Waals surface area contributed by atoms with Gasteiger partial charge in [0, 0.05) is 36.2 Å². The fraction of sp³-hybridized carbons (Fsp3) is 0.333. The van der Waals surface area contributed by atoms with Gasteiger partial charge in [0.15, 0.2) is 5.84 Å². The molecule has 5 N–H and O–H groups in total. The molecule has 1 aliphatic rings. The first-order valence-electron chi connectivity index (χ1n) is 9.62. The number of nitrogens with one attached hydrogen (secondary N) is 1. The fourth-order valence-electron chi connectivity index (χ4n) is 3.84. The molecule has 1 saturated carbocycles. The lowest BCUT2D eigenvalue weighted by Crippen LogP contribution is -2.28. The van der Waals surface area contributed by atoms with Gasteiger partial charge < -0.3 is 11.1 Å². The Balaban J connectivity index is 1.90. The number of hydrazone groups is 1. The van der Waals surface area contributed by atoms with E-state index in [2.05, 4.69) is 10.4 Å². The molecule has 2 unspecified atom stereocenters. The Labute approximate surface area is 183 Å². The van der Waals surface area contributed by atoms with Crippen LogP contribution in [0.4, 0.5) is 18.9 Å². The van der Waals surface area contributed by atoms with Crippen molar-refractivity contribution in [3.8, 4) is 0 Å². The third kappa shape index (κ3) is 5.89. The zero-order chi connectivity index (χ0) is 22.8. The molecule has 0 radical (unpaired) electrons. The molecule has 166 valence electrons. The number of hydrogen-bond donors (Lipinski definition) is 3. The Morgan fingerprint density at radius 1 is 1.29 bits per heavy atom. The van der Waals surface area contributed by atoms with E-state index in [0.29, 0.717) is 11.1 Å². The number of anilines is 1. The molecular formula is C21H23ClF3N5O. The predicted octanol–water partition coefficient (Wildman–Crippen LogP) is 4.06. The van der Waals surface area contributed by atoms with Gasteiger partial charge in [0.05, 0.1) is 5.92 Å². The molecule has 0 heterocycles. The Morgan fingerprint density at radius 2 is 1.97 bits per heavy atom. The summed E-state index contributed by atoms with van der Waals surface area (Å²) in [7, 11) is 1.51. The molecule has 0 aliphatic heterocycles. The first-order valence-corrected chi connectivity index (χ1v) is 9.99. The lowest BCUT2D eigenvalue weighted by Gasteiger charge is -2.24. The second-order valence-electron chi connectivity index (χ2n) is 7.66. The van der Waals surface area contributed by atoms with Crippen LogP contribution in [0.25, 0.3) is 0 Å². The van der Waals surface area contributed by atoms with Crippen molar-refractivity contribution >= 4 is 29.0 Å². The summed E-state index contributed by atoms with van der Waals surface area (Å²) in [6.07, 6.45) is -0.496. The van der Waals surface area contributed by atoms with Gasteiger partial charge >= 0.3 is 0 Å². The van der Waals surface area contributed by atoms with E-state index in [1.807, 2.05) is 0 Å². The largest absolute Gasteiger partial charge is 0.382 e. The molecule has 2 aromatic carbocycles. The van der Waals surface area contributed by atoms with Gasteiger partial charge in [-0.25, -0.2) is 24.1 Å². The van der Waals surface area contributed by atoms with Gasteiger partial charge in [-0.3, -0.25) is 4.79 Å². The van der Waals surface area contributed by atoms with Crippen molar-refractivity contribution in [2.45, 2.75) is 31.1 Å². The Hall–Kier alpha value is -2.78. The fourth-order valence-corrected chi connectivity index (χ4v) is 4.06. The monoisotopic (exact) mass is 453 g/mol. The van der Waals surface area contributed by atoms with Gasteiger partial charge in [-0.15, -0.1) is 5.10 Å². The highest BCUT2D eigenvalue weighted by Crippen LogP contribution is 2.45. The third-order valence-corrected chi connectivity index (χ3v) is 5.37. The summed E-state index contributed by atoms with van der Waals surface area (Å²) in [5.74, 6) is 0.230. The average Bonchev–Trinajstić information content (AvgIpc) is 3.00. The van der Waals surface area contributed by atoms with Crippen LogP contribution in [0.15, 0.2) is 47.6 Å². The van der Waals surface area contributed by atoms with Gasteiger partial charge in [-0.1, -0.05) is 35.9 Å². The Morgan fingerprint density at radius 3 is 2.52 bits per heavy atom. The van der Waals surface area contributed by atoms with E-state index in [9.17, 15) is 18.0 Å². The van der Waals surface area contributed by atoms with Crippen LogP contribution in [0.5, 0.6) is 0 Å². The number of nitrogens with zero attached hydrogens (tertiary/aromatic N) is 2. The third-order valence-electron chi connectivity index (χ3n) is 5.16. The van der Waals surface area contributed by atoms with E-state index in [4.69, 9.17) is 23.2 Å². The molecule has 31 heavy (non-hydrogen) atoms. The van der Waals surface area contributed by atoms with E-state index >= 15 is 0 Å². The highest BCUT2D eigenvalue weighted by Gasteiger charge is 2.45. The molecule has 2 atom stereocenters. The number of amidine groups is 1. The Bertz CT molecular complexity index is 961. The lowest BCUT2D eigenvalue weighted by atomic mass is 9.83. The first kappa shape index (κ1) is 22.9. The number of carbonyl (C=O) groups excluding carboxylic acids is 1. The number of benzene rings is 2. The SMILES string of the molecule is CN(N)/N=C(\N)c1ccc(C(C(=O)Nc2cc(F)cc(Cl)c2)C2CCC(F)(F)C2)cc1. The van der Waals surface area contributed by atoms with Crippen molar-refractivity contribution in [2.75, 3.05) is 12.4 Å². The number of rotatable bonds is 6. The predicted molar refractivity (Wildman–Crippen MR) is 114 cm³/mol. The maximum Gasteiger partial charge on any atom is 0.248 e. The van der Waals surface area contributed by atoms with Gasteiger partial charge in [-0.05, 0) is 36.1 Å². The minimum atomic E-state index is -2.83. The quantitative estimate of drug-likeness (QED) is 0.266. The smallest absolute Gasteiger partial charge is 0.248 e.